The van der Waals surface area contributed by atoms with Crippen molar-refractivity contribution in [1.82, 2.24) is 5.43 Å². The van der Waals surface area contributed by atoms with Gasteiger partial charge in [0.15, 0.2) is 11.5 Å². The first-order valence-corrected chi connectivity index (χ1v) is 9.95. The Kier molecular flexibility index (Phi) is 8.53. The number of hydrazone groups is 1. The van der Waals surface area contributed by atoms with Crippen molar-refractivity contribution in [3.05, 3.63) is 63.1 Å². The van der Waals surface area contributed by atoms with Crippen LogP contribution in [0.1, 0.15) is 22.8 Å². The Hall–Kier alpha value is -2.32. The first-order valence-electron chi connectivity index (χ1n) is 8.37. The van der Waals surface area contributed by atoms with Crippen molar-refractivity contribution in [1.29, 1.82) is 0 Å². The summed E-state index contributed by atoms with van der Waals surface area (Å²) >= 11 is 6.89. The minimum atomic E-state index is -0.373. The van der Waals surface area contributed by atoms with E-state index in [1.807, 2.05) is 19.1 Å². The van der Waals surface area contributed by atoms with Gasteiger partial charge in [-0.25, -0.2) is 5.43 Å². The van der Waals surface area contributed by atoms with E-state index in [2.05, 4.69) is 49.0 Å². The fraction of sp³-hybridized carbons (Fsp3) is 0.200. The molecule has 28 heavy (non-hydrogen) atoms. The maximum Gasteiger partial charge on any atom is 0.271 e. The topological polar surface area (TPSA) is 69.2 Å². The van der Waals surface area contributed by atoms with Crippen LogP contribution in [0.5, 0.6) is 17.2 Å². The summed E-state index contributed by atoms with van der Waals surface area (Å²) in [5.41, 5.74) is 3.60. The van der Waals surface area contributed by atoms with E-state index >= 15 is 0 Å². The second-order valence-corrected chi connectivity index (χ2v) is 7.17. The molecule has 0 saturated heterocycles. The van der Waals surface area contributed by atoms with E-state index in [1.165, 1.54) is 6.21 Å². The normalized spacial score (nSPS) is 10.6. The second kappa shape index (κ2) is 10.9. The average molecular weight is 512 g/mol. The summed E-state index contributed by atoms with van der Waals surface area (Å²) in [5.74, 6) is 1.29. The maximum atomic E-state index is 12.4. The minimum Gasteiger partial charge on any atom is -0.493 e. The van der Waals surface area contributed by atoms with Crippen LogP contribution in [0.15, 0.2) is 57.0 Å². The summed E-state index contributed by atoms with van der Waals surface area (Å²) < 4.78 is 18.0. The summed E-state index contributed by atoms with van der Waals surface area (Å²) in [6, 6.07) is 8.62. The molecule has 0 saturated carbocycles. The molecule has 0 radical (unpaired) electrons. The van der Waals surface area contributed by atoms with Crippen molar-refractivity contribution in [2.75, 3.05) is 20.3 Å². The number of carbonyl (C=O) groups excluding carboxylic acids is 1. The largest absolute Gasteiger partial charge is 0.493 e. The molecule has 2 aromatic carbocycles. The van der Waals surface area contributed by atoms with E-state index in [0.717, 1.165) is 8.95 Å². The van der Waals surface area contributed by atoms with Crippen LogP contribution in [0.3, 0.4) is 0 Å². The number of nitrogens with one attached hydrogen (secondary N) is 1. The predicted molar refractivity (Wildman–Crippen MR) is 117 cm³/mol. The van der Waals surface area contributed by atoms with Gasteiger partial charge in [-0.05, 0) is 53.2 Å². The Morgan fingerprint density at radius 3 is 2.68 bits per heavy atom. The number of hydrogen-bond donors (Lipinski definition) is 1. The van der Waals surface area contributed by atoms with Gasteiger partial charge in [0, 0.05) is 15.6 Å². The van der Waals surface area contributed by atoms with Gasteiger partial charge in [-0.15, -0.1) is 0 Å². The zero-order valence-corrected chi connectivity index (χ0v) is 18.7. The van der Waals surface area contributed by atoms with E-state index in [0.29, 0.717) is 41.6 Å². The molecule has 1 N–H and O–H groups in total. The van der Waals surface area contributed by atoms with Crippen LogP contribution in [-0.2, 0) is 0 Å². The lowest BCUT2D eigenvalue weighted by molar-refractivity contribution is 0.0954. The van der Waals surface area contributed by atoms with Crippen molar-refractivity contribution in [3.8, 4) is 17.2 Å². The third kappa shape index (κ3) is 5.84. The lowest BCUT2D eigenvalue weighted by atomic mass is 10.2. The van der Waals surface area contributed by atoms with Crippen molar-refractivity contribution >= 4 is 44.0 Å². The van der Waals surface area contributed by atoms with Crippen LogP contribution in [0.25, 0.3) is 0 Å². The molecule has 0 heterocycles. The first-order chi connectivity index (χ1) is 13.5. The van der Waals surface area contributed by atoms with E-state index in [-0.39, 0.29) is 5.91 Å². The second-order valence-electron chi connectivity index (χ2n) is 5.40. The molecule has 0 aliphatic carbocycles. The Balaban J connectivity index is 2.17. The molecule has 148 valence electrons. The molecule has 1 amide bonds. The van der Waals surface area contributed by atoms with Gasteiger partial charge < -0.3 is 14.2 Å². The Labute approximate surface area is 180 Å². The highest BCUT2D eigenvalue weighted by atomic mass is 79.9. The number of amides is 1. The fourth-order valence-electron chi connectivity index (χ4n) is 2.28. The molecule has 0 aliphatic heterocycles. The highest BCUT2D eigenvalue weighted by Gasteiger charge is 2.12. The van der Waals surface area contributed by atoms with Crippen LogP contribution in [0.2, 0.25) is 0 Å². The molecule has 2 rings (SSSR count). The van der Waals surface area contributed by atoms with Crippen LogP contribution < -0.4 is 19.6 Å². The highest BCUT2D eigenvalue weighted by Crippen LogP contribution is 2.32. The van der Waals surface area contributed by atoms with E-state index < -0.39 is 0 Å². The van der Waals surface area contributed by atoms with Gasteiger partial charge in [0.05, 0.1) is 24.4 Å². The first kappa shape index (κ1) is 22.0. The molecule has 0 spiro atoms. The number of hydrogen-bond acceptors (Lipinski definition) is 5. The monoisotopic (exact) mass is 510 g/mol. The zero-order valence-electron chi connectivity index (χ0n) is 15.5. The van der Waals surface area contributed by atoms with Gasteiger partial charge in [-0.3, -0.25) is 4.79 Å². The number of benzene rings is 2. The average Bonchev–Trinajstić information content (AvgIpc) is 2.67. The molecule has 0 fully saturated rings. The molecule has 0 aromatic heterocycles. The quantitative estimate of drug-likeness (QED) is 0.294. The van der Waals surface area contributed by atoms with Crippen LogP contribution in [-0.4, -0.2) is 32.4 Å². The number of nitrogens with zero attached hydrogens (tertiary/aromatic N) is 1. The van der Waals surface area contributed by atoms with Gasteiger partial charge in [-0.1, -0.05) is 28.6 Å². The molecule has 0 aliphatic rings. The third-order valence-electron chi connectivity index (χ3n) is 3.48. The summed E-state index contributed by atoms with van der Waals surface area (Å²) in [6.07, 6.45) is 3.16. The van der Waals surface area contributed by atoms with Gasteiger partial charge in [0.25, 0.3) is 5.91 Å². The Morgan fingerprint density at radius 2 is 2.00 bits per heavy atom. The van der Waals surface area contributed by atoms with E-state index in [1.54, 1.807) is 31.4 Å². The molecule has 6 nitrogen and oxygen atoms in total. The summed E-state index contributed by atoms with van der Waals surface area (Å²) in [4.78, 5) is 12.4. The summed E-state index contributed by atoms with van der Waals surface area (Å²) in [6.45, 7) is 6.31. The van der Waals surface area contributed by atoms with Crippen LogP contribution >= 0.6 is 31.9 Å². The molecular weight excluding hydrogens is 492 g/mol. The summed E-state index contributed by atoms with van der Waals surface area (Å²) in [5, 5.41) is 4.04. The van der Waals surface area contributed by atoms with Gasteiger partial charge >= 0.3 is 0 Å². The van der Waals surface area contributed by atoms with E-state index in [4.69, 9.17) is 14.2 Å². The molecule has 0 bridgehead atoms. The molecule has 8 heteroatoms. The fourth-order valence-corrected chi connectivity index (χ4v) is 3.65. The van der Waals surface area contributed by atoms with Crippen molar-refractivity contribution < 1.29 is 19.0 Å². The van der Waals surface area contributed by atoms with Gasteiger partial charge in [0.2, 0.25) is 0 Å². The van der Waals surface area contributed by atoms with Crippen molar-refractivity contribution in [2.45, 2.75) is 6.92 Å². The number of ether oxygens (including phenoxy) is 3. The van der Waals surface area contributed by atoms with Gasteiger partial charge in [-0.2, -0.15) is 5.10 Å². The Bertz CT molecular complexity index is 885. The van der Waals surface area contributed by atoms with Crippen LogP contribution in [0.4, 0.5) is 0 Å². The lowest BCUT2D eigenvalue weighted by Crippen LogP contribution is -2.18. The van der Waals surface area contributed by atoms with Gasteiger partial charge in [0.1, 0.15) is 12.4 Å². The van der Waals surface area contributed by atoms with Crippen LogP contribution in [0, 0.1) is 0 Å². The standard InChI is InChI=1S/C20H20Br2N2O4/c1-4-8-28-19-14(9-15(21)11-16(19)22)12-23-24-20(25)13-6-7-17(26-3)18(10-13)27-5-2/h4,6-7,9-12H,1,5,8H2,2-3H3,(H,24,25)/b23-12+. The van der Waals surface area contributed by atoms with Crippen molar-refractivity contribution in [3.63, 3.8) is 0 Å². The van der Waals surface area contributed by atoms with Crippen molar-refractivity contribution in [2.24, 2.45) is 5.10 Å². The molecule has 2 aromatic rings. The highest BCUT2D eigenvalue weighted by molar-refractivity contribution is 9.11. The number of rotatable bonds is 9. The smallest absolute Gasteiger partial charge is 0.271 e. The third-order valence-corrected chi connectivity index (χ3v) is 4.52. The SMILES string of the molecule is C=CCOc1c(Br)cc(Br)cc1/C=N/NC(=O)c1ccc(OC)c(OCC)c1. The number of methoxy groups -OCH3 is 1. The Morgan fingerprint density at radius 1 is 1.21 bits per heavy atom. The molecule has 0 atom stereocenters. The van der Waals surface area contributed by atoms with E-state index in [9.17, 15) is 4.79 Å². The lowest BCUT2D eigenvalue weighted by Gasteiger charge is -2.11. The maximum absolute atomic E-state index is 12.4. The summed E-state index contributed by atoms with van der Waals surface area (Å²) in [7, 11) is 1.55. The molecular formula is C20H20Br2N2O4. The number of halogens is 2. The number of carbonyl (C=O) groups is 1. The predicted octanol–water partition coefficient (Wildman–Crippen LogP) is 4.95. The zero-order chi connectivity index (χ0) is 20.5. The molecule has 0 unspecified atom stereocenters. The minimum absolute atomic E-state index is 0.347.